The lowest BCUT2D eigenvalue weighted by Gasteiger charge is -2.38. The smallest absolute Gasteiger partial charge is 0.321 e. The minimum Gasteiger partial charge on any atom is -0.504 e. The van der Waals surface area contributed by atoms with Gasteiger partial charge in [-0.15, -0.1) is 0 Å². The molecule has 1 aliphatic heterocycles. The van der Waals surface area contributed by atoms with Crippen molar-refractivity contribution in [3.63, 3.8) is 0 Å². The minimum absolute atomic E-state index is 0.00925. The van der Waals surface area contributed by atoms with Crippen LogP contribution in [0.15, 0.2) is 30.5 Å². The molecule has 1 saturated carbocycles. The molecule has 2 bridgehead atoms. The molecule has 3 aliphatic carbocycles. The quantitative estimate of drug-likeness (QED) is 0.562. The van der Waals surface area contributed by atoms with E-state index in [0.717, 1.165) is 17.7 Å². The van der Waals surface area contributed by atoms with Crippen LogP contribution in [0.3, 0.4) is 0 Å². The number of allylic oxidation sites excluding steroid dienone is 2. The first-order valence-corrected chi connectivity index (χ1v) is 8.28. The molecule has 4 amide bonds. The average Bonchev–Trinajstić information content (AvgIpc) is 2.89. The summed E-state index contributed by atoms with van der Waals surface area (Å²) in [7, 11) is 0. The fourth-order valence-corrected chi connectivity index (χ4v) is 4.09. The number of urea groups is 1. The van der Waals surface area contributed by atoms with Crippen molar-refractivity contribution >= 4 is 23.7 Å². The molecule has 5 rings (SSSR count). The van der Waals surface area contributed by atoms with Gasteiger partial charge in [0.2, 0.25) is 11.8 Å². The van der Waals surface area contributed by atoms with E-state index in [1.807, 2.05) is 12.2 Å². The van der Waals surface area contributed by atoms with Crippen molar-refractivity contribution < 1.29 is 19.5 Å². The maximum absolute atomic E-state index is 12.6. The van der Waals surface area contributed by atoms with Crippen molar-refractivity contribution in [1.29, 1.82) is 0 Å². The number of rotatable bonds is 3. The Bertz CT molecular complexity index is 746. The number of nitrogens with zero attached hydrogens (tertiary/aromatic N) is 2. The minimum atomic E-state index is -0.648. The highest BCUT2D eigenvalue weighted by Gasteiger charge is 2.56. The van der Waals surface area contributed by atoms with Crippen molar-refractivity contribution in [2.45, 2.75) is 12.8 Å². The van der Waals surface area contributed by atoms with Crippen LogP contribution in [0, 0.1) is 23.7 Å². The zero-order valence-corrected chi connectivity index (χ0v) is 13.4. The number of amides is 4. The molecule has 8 nitrogen and oxygen atoms in total. The average molecular weight is 342 g/mol. The summed E-state index contributed by atoms with van der Waals surface area (Å²) in [4.78, 5) is 42.1. The third-order valence-electron chi connectivity index (χ3n) is 5.27. The molecule has 2 fully saturated rings. The van der Waals surface area contributed by atoms with Gasteiger partial charge >= 0.3 is 6.03 Å². The Balaban J connectivity index is 1.40. The van der Waals surface area contributed by atoms with Crippen LogP contribution in [0.2, 0.25) is 0 Å². The van der Waals surface area contributed by atoms with Gasteiger partial charge in [-0.05, 0) is 36.8 Å². The Morgan fingerprint density at radius 2 is 1.84 bits per heavy atom. The van der Waals surface area contributed by atoms with Crippen molar-refractivity contribution in [3.8, 4) is 5.75 Å². The number of aromatic hydroxyl groups is 1. The second kappa shape index (κ2) is 5.87. The molecule has 0 aromatic carbocycles. The highest BCUT2D eigenvalue weighted by atomic mass is 16.3. The van der Waals surface area contributed by atoms with E-state index in [1.165, 1.54) is 18.3 Å². The van der Waals surface area contributed by atoms with E-state index in [4.69, 9.17) is 0 Å². The zero-order valence-electron chi connectivity index (χ0n) is 13.4. The maximum Gasteiger partial charge on any atom is 0.321 e. The number of nitrogens with one attached hydrogen (secondary N) is 2. The van der Waals surface area contributed by atoms with E-state index in [9.17, 15) is 19.5 Å². The topological polar surface area (TPSA) is 112 Å². The third kappa shape index (κ3) is 2.54. The largest absolute Gasteiger partial charge is 0.504 e. The SMILES string of the molecule is O=C(NCN1C(=O)C2C3C=CC(CC3)C2C1=O)Nc1ncccc1O. The molecule has 0 radical (unpaired) electrons. The van der Waals surface area contributed by atoms with Gasteiger partial charge in [0.1, 0.15) is 6.67 Å². The van der Waals surface area contributed by atoms with Crippen LogP contribution in [-0.2, 0) is 9.59 Å². The number of aromatic nitrogens is 1. The Morgan fingerprint density at radius 3 is 2.40 bits per heavy atom. The van der Waals surface area contributed by atoms with Gasteiger partial charge in [-0.25, -0.2) is 9.78 Å². The zero-order chi connectivity index (χ0) is 17.6. The van der Waals surface area contributed by atoms with E-state index in [2.05, 4.69) is 15.6 Å². The molecule has 1 aromatic heterocycles. The summed E-state index contributed by atoms with van der Waals surface area (Å²) in [5.74, 6) is -0.923. The molecule has 2 heterocycles. The van der Waals surface area contributed by atoms with Gasteiger partial charge in [-0.2, -0.15) is 0 Å². The lowest BCUT2D eigenvalue weighted by atomic mass is 9.63. The van der Waals surface area contributed by atoms with Crippen molar-refractivity contribution in [3.05, 3.63) is 30.5 Å². The number of carbonyl (C=O) groups excluding carboxylic acids is 3. The molecule has 4 atom stereocenters. The van der Waals surface area contributed by atoms with Crippen molar-refractivity contribution in [1.82, 2.24) is 15.2 Å². The molecule has 1 aromatic rings. The molecular weight excluding hydrogens is 324 g/mol. The van der Waals surface area contributed by atoms with Crippen LogP contribution in [0.1, 0.15) is 12.8 Å². The Morgan fingerprint density at radius 1 is 1.20 bits per heavy atom. The predicted octanol–water partition coefficient (Wildman–Crippen LogP) is 1.06. The molecule has 8 heteroatoms. The molecule has 25 heavy (non-hydrogen) atoms. The highest BCUT2D eigenvalue weighted by Crippen LogP contribution is 2.49. The lowest BCUT2D eigenvalue weighted by Crippen LogP contribution is -2.43. The normalized spacial score (nSPS) is 29.7. The second-order valence-corrected chi connectivity index (χ2v) is 6.61. The first-order chi connectivity index (χ1) is 12.1. The van der Waals surface area contributed by atoms with Crippen LogP contribution in [0.4, 0.5) is 10.6 Å². The summed E-state index contributed by atoms with van der Waals surface area (Å²) in [6.07, 6.45) is 7.39. The number of hydrogen-bond donors (Lipinski definition) is 3. The number of pyridine rings is 1. The standard InChI is InChI=1S/C17H18N4O4/c22-11-2-1-7-18-14(11)20-17(25)19-8-21-15(23)12-9-3-4-10(6-5-9)13(12)16(21)24/h1-4,7,9-10,12-13,22H,5-6,8H2,(H2,18,19,20,25). The van der Waals surface area contributed by atoms with Gasteiger partial charge in [-0.3, -0.25) is 19.8 Å². The Hall–Kier alpha value is -2.90. The van der Waals surface area contributed by atoms with Gasteiger partial charge in [0.15, 0.2) is 11.6 Å². The van der Waals surface area contributed by atoms with E-state index in [0.29, 0.717) is 0 Å². The third-order valence-corrected chi connectivity index (χ3v) is 5.27. The van der Waals surface area contributed by atoms with Crippen LogP contribution < -0.4 is 10.6 Å². The Kier molecular flexibility index (Phi) is 3.67. The summed E-state index contributed by atoms with van der Waals surface area (Å²) in [5, 5.41) is 14.5. The molecular formula is C17H18N4O4. The number of imide groups is 1. The number of carbonyl (C=O) groups is 3. The Labute approximate surface area is 143 Å². The molecule has 4 unspecified atom stereocenters. The van der Waals surface area contributed by atoms with E-state index in [-0.39, 0.29) is 53.7 Å². The summed E-state index contributed by atoms with van der Waals surface area (Å²) < 4.78 is 0. The van der Waals surface area contributed by atoms with E-state index in [1.54, 1.807) is 0 Å². The first kappa shape index (κ1) is 15.6. The van der Waals surface area contributed by atoms with Crippen LogP contribution in [-0.4, -0.2) is 39.5 Å². The summed E-state index contributed by atoms with van der Waals surface area (Å²) in [6.45, 7) is -0.191. The molecule has 1 saturated heterocycles. The predicted molar refractivity (Wildman–Crippen MR) is 87.1 cm³/mol. The van der Waals surface area contributed by atoms with E-state index >= 15 is 0 Å². The van der Waals surface area contributed by atoms with Gasteiger partial charge in [-0.1, -0.05) is 12.2 Å². The fourth-order valence-electron chi connectivity index (χ4n) is 4.09. The van der Waals surface area contributed by atoms with Crippen LogP contribution >= 0.6 is 0 Å². The van der Waals surface area contributed by atoms with Gasteiger partial charge in [0.25, 0.3) is 0 Å². The lowest BCUT2D eigenvalue weighted by molar-refractivity contribution is -0.140. The highest BCUT2D eigenvalue weighted by molar-refractivity contribution is 6.06. The molecule has 130 valence electrons. The fraction of sp³-hybridized carbons (Fsp3) is 0.412. The molecule has 4 aliphatic rings. The van der Waals surface area contributed by atoms with Crippen molar-refractivity contribution in [2.75, 3.05) is 12.0 Å². The summed E-state index contributed by atoms with van der Waals surface area (Å²) in [5.41, 5.74) is 0. The second-order valence-electron chi connectivity index (χ2n) is 6.61. The van der Waals surface area contributed by atoms with E-state index < -0.39 is 6.03 Å². The monoisotopic (exact) mass is 342 g/mol. The number of anilines is 1. The van der Waals surface area contributed by atoms with Gasteiger partial charge in [0.05, 0.1) is 11.8 Å². The number of likely N-dealkylation sites (tertiary alicyclic amines) is 1. The number of fused-ring (bicyclic) bond motifs is 1. The summed E-state index contributed by atoms with van der Waals surface area (Å²) >= 11 is 0. The maximum atomic E-state index is 12.6. The molecule has 0 spiro atoms. The molecule has 3 N–H and O–H groups in total. The van der Waals surface area contributed by atoms with Crippen molar-refractivity contribution in [2.24, 2.45) is 23.7 Å². The van der Waals surface area contributed by atoms with Gasteiger partial charge in [0, 0.05) is 6.20 Å². The van der Waals surface area contributed by atoms with Crippen LogP contribution in [0.5, 0.6) is 5.75 Å². The van der Waals surface area contributed by atoms with Crippen LogP contribution in [0.25, 0.3) is 0 Å². The summed E-state index contributed by atoms with van der Waals surface area (Å²) in [6, 6.07) is 2.28. The number of hydrogen-bond acceptors (Lipinski definition) is 5. The first-order valence-electron chi connectivity index (χ1n) is 8.28. The van der Waals surface area contributed by atoms with Gasteiger partial charge < -0.3 is 10.4 Å².